The zero-order valence-corrected chi connectivity index (χ0v) is 15.5. The van der Waals surface area contributed by atoms with Crippen LogP contribution in [0.4, 0.5) is 0 Å². The van der Waals surface area contributed by atoms with Gasteiger partial charge in [-0.05, 0) is 55.5 Å². The molecule has 0 aliphatic carbocycles. The van der Waals surface area contributed by atoms with Crippen LogP contribution in [0.5, 0.6) is 0 Å². The molecule has 0 aliphatic heterocycles. The van der Waals surface area contributed by atoms with Crippen molar-refractivity contribution >= 4 is 39.3 Å². The van der Waals surface area contributed by atoms with Crippen LogP contribution in [0.2, 0.25) is 5.02 Å². The summed E-state index contributed by atoms with van der Waals surface area (Å²) in [6.45, 7) is 4.32. The first-order valence-electron chi connectivity index (χ1n) is 6.86. The second kappa shape index (κ2) is 7.68. The van der Waals surface area contributed by atoms with Crippen molar-refractivity contribution in [2.45, 2.75) is 30.8 Å². The van der Waals surface area contributed by atoms with Gasteiger partial charge in [0.05, 0.1) is 0 Å². The van der Waals surface area contributed by atoms with Gasteiger partial charge in [-0.3, -0.25) is 0 Å². The fourth-order valence-electron chi connectivity index (χ4n) is 2.31. The van der Waals surface area contributed by atoms with E-state index in [0.29, 0.717) is 0 Å². The van der Waals surface area contributed by atoms with Crippen LogP contribution >= 0.6 is 39.3 Å². The first-order chi connectivity index (χ1) is 10.0. The topological polar surface area (TPSA) is 12.0 Å². The van der Waals surface area contributed by atoms with Crippen molar-refractivity contribution in [3.8, 4) is 0 Å². The second-order valence-electron chi connectivity index (χ2n) is 5.05. The monoisotopic (exact) mass is 383 g/mol. The molecule has 112 valence electrons. The summed E-state index contributed by atoms with van der Waals surface area (Å²) in [5, 5.41) is 4.39. The summed E-state index contributed by atoms with van der Waals surface area (Å²) in [4.78, 5) is 1.29. The van der Waals surface area contributed by atoms with E-state index in [0.717, 1.165) is 15.1 Å². The maximum atomic E-state index is 6.32. The van der Waals surface area contributed by atoms with E-state index in [1.807, 2.05) is 12.1 Å². The number of rotatable bonds is 5. The van der Waals surface area contributed by atoms with Gasteiger partial charge in [0.1, 0.15) is 0 Å². The van der Waals surface area contributed by atoms with Crippen LogP contribution in [0.3, 0.4) is 0 Å². The van der Waals surface area contributed by atoms with Gasteiger partial charge in [0, 0.05) is 26.5 Å². The Kier molecular flexibility index (Phi) is 6.18. The quantitative estimate of drug-likeness (QED) is 0.613. The molecule has 0 bridgehead atoms. The average Bonchev–Trinajstić information content (AvgIpc) is 2.47. The zero-order valence-electron chi connectivity index (χ0n) is 12.4. The normalized spacial score (nSPS) is 14.0. The maximum absolute atomic E-state index is 6.32. The van der Waals surface area contributed by atoms with Crippen LogP contribution in [0.25, 0.3) is 0 Å². The van der Waals surface area contributed by atoms with Gasteiger partial charge in [0.15, 0.2) is 0 Å². The van der Waals surface area contributed by atoms with Gasteiger partial charge in [-0.1, -0.05) is 45.7 Å². The fourth-order valence-corrected chi connectivity index (χ4v) is 3.55. The predicted octanol–water partition coefficient (Wildman–Crippen LogP) is 6.24. The van der Waals surface area contributed by atoms with Crippen molar-refractivity contribution in [1.82, 2.24) is 5.32 Å². The number of thioether (sulfide) groups is 1. The summed E-state index contributed by atoms with van der Waals surface area (Å²) in [6.07, 6.45) is 2.09. The van der Waals surface area contributed by atoms with E-state index in [9.17, 15) is 0 Å². The van der Waals surface area contributed by atoms with Crippen molar-refractivity contribution < 1.29 is 0 Å². The molecule has 2 rings (SSSR count). The number of hydrogen-bond acceptors (Lipinski definition) is 2. The van der Waals surface area contributed by atoms with E-state index < -0.39 is 0 Å². The molecule has 0 radical (unpaired) electrons. The Labute approximate surface area is 144 Å². The first-order valence-corrected chi connectivity index (χ1v) is 9.25. The Morgan fingerprint density at radius 3 is 2.29 bits per heavy atom. The lowest BCUT2D eigenvalue weighted by molar-refractivity contribution is 0.494. The van der Waals surface area contributed by atoms with E-state index in [2.05, 4.69) is 71.7 Å². The SMILES string of the molecule is CSc1ccc(C(C)NC(C)c2ccc(Br)cc2Cl)cc1. The molecule has 2 atom stereocenters. The third-order valence-electron chi connectivity index (χ3n) is 3.54. The van der Waals surface area contributed by atoms with Gasteiger partial charge in [0.25, 0.3) is 0 Å². The minimum absolute atomic E-state index is 0.195. The molecule has 1 N–H and O–H groups in total. The maximum Gasteiger partial charge on any atom is 0.0464 e. The van der Waals surface area contributed by atoms with Crippen molar-refractivity contribution in [3.05, 3.63) is 63.1 Å². The van der Waals surface area contributed by atoms with Crippen molar-refractivity contribution in [1.29, 1.82) is 0 Å². The second-order valence-corrected chi connectivity index (χ2v) is 7.25. The van der Waals surface area contributed by atoms with E-state index in [-0.39, 0.29) is 12.1 Å². The lowest BCUT2D eigenvalue weighted by Gasteiger charge is -2.22. The molecule has 0 aliphatic rings. The molecule has 0 amide bonds. The standard InChI is InChI=1S/C17H19BrClNS/c1-11(13-4-7-15(21-3)8-5-13)20-12(2)16-9-6-14(18)10-17(16)19/h4-12,20H,1-3H3. The van der Waals surface area contributed by atoms with Crippen LogP contribution in [0, 0.1) is 0 Å². The first kappa shape index (κ1) is 16.9. The Morgan fingerprint density at radius 1 is 1.05 bits per heavy atom. The molecule has 0 fully saturated rings. The highest BCUT2D eigenvalue weighted by atomic mass is 79.9. The summed E-state index contributed by atoms with van der Waals surface area (Å²) in [5.74, 6) is 0. The minimum Gasteiger partial charge on any atom is -0.304 e. The molecule has 2 aromatic rings. The Bertz CT molecular complexity index is 600. The summed E-state index contributed by atoms with van der Waals surface area (Å²) in [5.41, 5.74) is 2.40. The molecule has 2 aromatic carbocycles. The van der Waals surface area contributed by atoms with Crippen LogP contribution in [0.15, 0.2) is 51.8 Å². The molecule has 0 heterocycles. The van der Waals surface area contributed by atoms with E-state index in [1.54, 1.807) is 11.8 Å². The smallest absolute Gasteiger partial charge is 0.0464 e. The van der Waals surface area contributed by atoms with Crippen LogP contribution in [-0.2, 0) is 0 Å². The van der Waals surface area contributed by atoms with Gasteiger partial charge in [-0.2, -0.15) is 0 Å². The molecule has 0 saturated carbocycles. The number of hydrogen-bond donors (Lipinski definition) is 1. The van der Waals surface area contributed by atoms with E-state index >= 15 is 0 Å². The van der Waals surface area contributed by atoms with Crippen LogP contribution < -0.4 is 5.32 Å². The van der Waals surface area contributed by atoms with Crippen molar-refractivity contribution in [2.24, 2.45) is 0 Å². The van der Waals surface area contributed by atoms with Gasteiger partial charge in [0.2, 0.25) is 0 Å². The van der Waals surface area contributed by atoms with Crippen molar-refractivity contribution in [2.75, 3.05) is 6.26 Å². The van der Waals surface area contributed by atoms with Gasteiger partial charge < -0.3 is 5.32 Å². The van der Waals surface area contributed by atoms with Gasteiger partial charge in [-0.15, -0.1) is 11.8 Å². The highest BCUT2D eigenvalue weighted by molar-refractivity contribution is 9.10. The molecule has 2 unspecified atom stereocenters. The lowest BCUT2D eigenvalue weighted by atomic mass is 10.0. The Balaban J connectivity index is 2.08. The minimum atomic E-state index is 0.195. The Hall–Kier alpha value is -0.480. The molecule has 1 nitrogen and oxygen atoms in total. The third kappa shape index (κ3) is 4.49. The summed E-state index contributed by atoms with van der Waals surface area (Å²) in [7, 11) is 0. The predicted molar refractivity (Wildman–Crippen MR) is 97.3 cm³/mol. The highest BCUT2D eigenvalue weighted by Crippen LogP contribution is 2.28. The molecule has 4 heteroatoms. The molecule has 21 heavy (non-hydrogen) atoms. The summed E-state index contributed by atoms with van der Waals surface area (Å²) in [6, 6.07) is 15.2. The van der Waals surface area contributed by atoms with E-state index in [4.69, 9.17) is 11.6 Å². The largest absolute Gasteiger partial charge is 0.304 e. The molecule has 0 spiro atoms. The van der Waals surface area contributed by atoms with E-state index in [1.165, 1.54) is 10.5 Å². The summed E-state index contributed by atoms with van der Waals surface area (Å²) < 4.78 is 1.00. The van der Waals surface area contributed by atoms with Gasteiger partial charge in [-0.25, -0.2) is 0 Å². The zero-order chi connectivity index (χ0) is 15.4. The van der Waals surface area contributed by atoms with Gasteiger partial charge >= 0.3 is 0 Å². The van der Waals surface area contributed by atoms with Crippen LogP contribution in [-0.4, -0.2) is 6.26 Å². The lowest BCUT2D eigenvalue weighted by Crippen LogP contribution is -2.22. The number of halogens is 2. The number of nitrogens with one attached hydrogen (secondary N) is 1. The number of benzene rings is 2. The highest BCUT2D eigenvalue weighted by Gasteiger charge is 2.13. The summed E-state index contributed by atoms with van der Waals surface area (Å²) >= 11 is 11.5. The van der Waals surface area contributed by atoms with Crippen molar-refractivity contribution in [3.63, 3.8) is 0 Å². The molecule has 0 saturated heterocycles. The third-order valence-corrected chi connectivity index (χ3v) is 5.11. The molecular weight excluding hydrogens is 366 g/mol. The average molecular weight is 385 g/mol. The molecule has 0 aromatic heterocycles. The Morgan fingerprint density at radius 2 is 1.71 bits per heavy atom. The van der Waals surface area contributed by atoms with Crippen LogP contribution in [0.1, 0.15) is 37.1 Å². The molecular formula is C17H19BrClNS. The fraction of sp³-hybridized carbons (Fsp3) is 0.294.